The fraction of sp³-hybridized carbons (Fsp3) is 0.400. The zero-order chi connectivity index (χ0) is 10.8. The summed E-state index contributed by atoms with van der Waals surface area (Å²) in [5.74, 6) is 0.884. The molecular weight excluding hydrogens is 210 g/mol. The monoisotopic (exact) mass is 223 g/mol. The van der Waals surface area contributed by atoms with Gasteiger partial charge in [0.15, 0.2) is 5.01 Å². The molecule has 1 N–H and O–H groups in total. The summed E-state index contributed by atoms with van der Waals surface area (Å²) >= 11 is 1.59. The Hall–Kier alpha value is -1.20. The molecule has 15 heavy (non-hydrogen) atoms. The minimum atomic E-state index is 0.239. The van der Waals surface area contributed by atoms with Gasteiger partial charge in [-0.2, -0.15) is 0 Å². The lowest BCUT2D eigenvalue weighted by molar-refractivity contribution is 0.535. The molecule has 0 aliphatic heterocycles. The van der Waals surface area contributed by atoms with Crippen molar-refractivity contribution in [1.82, 2.24) is 15.5 Å². The minimum Gasteiger partial charge on any atom is -0.469 e. The second-order valence-corrected chi connectivity index (χ2v) is 4.36. The molecule has 2 aromatic rings. The quantitative estimate of drug-likeness (QED) is 0.868. The third-order valence-electron chi connectivity index (χ3n) is 2.33. The largest absolute Gasteiger partial charge is 0.469 e. The average Bonchev–Trinajstić information content (AvgIpc) is 2.84. The number of rotatable bonds is 3. The minimum absolute atomic E-state index is 0.239. The van der Waals surface area contributed by atoms with Gasteiger partial charge in [-0.05, 0) is 27.0 Å². The highest BCUT2D eigenvalue weighted by molar-refractivity contribution is 7.14. The fourth-order valence-corrected chi connectivity index (χ4v) is 2.23. The predicted molar refractivity (Wildman–Crippen MR) is 59.8 cm³/mol. The smallest absolute Gasteiger partial charge is 0.151 e. The van der Waals surface area contributed by atoms with Gasteiger partial charge in [-0.25, -0.2) is 0 Å². The van der Waals surface area contributed by atoms with Gasteiger partial charge < -0.3 is 9.73 Å². The highest BCUT2D eigenvalue weighted by atomic mass is 32.1. The van der Waals surface area contributed by atoms with Crippen LogP contribution in [0, 0.1) is 6.92 Å². The van der Waals surface area contributed by atoms with Gasteiger partial charge in [0.05, 0.1) is 17.9 Å². The van der Waals surface area contributed by atoms with E-state index < -0.39 is 0 Å². The Kier molecular flexibility index (Phi) is 2.83. The van der Waals surface area contributed by atoms with Crippen molar-refractivity contribution in [2.45, 2.75) is 19.9 Å². The van der Waals surface area contributed by atoms with E-state index in [4.69, 9.17) is 4.42 Å². The molecule has 0 saturated carbocycles. The van der Waals surface area contributed by atoms with Crippen molar-refractivity contribution in [1.29, 1.82) is 0 Å². The van der Waals surface area contributed by atoms with Crippen molar-refractivity contribution in [3.8, 4) is 10.6 Å². The topological polar surface area (TPSA) is 51.0 Å². The van der Waals surface area contributed by atoms with Gasteiger partial charge in [0.25, 0.3) is 0 Å². The van der Waals surface area contributed by atoms with E-state index in [1.54, 1.807) is 17.6 Å². The second kappa shape index (κ2) is 4.12. The molecule has 4 nitrogen and oxygen atoms in total. The summed E-state index contributed by atoms with van der Waals surface area (Å²) in [4.78, 5) is 0. The van der Waals surface area contributed by atoms with Gasteiger partial charge in [-0.15, -0.1) is 10.2 Å². The van der Waals surface area contributed by atoms with Crippen molar-refractivity contribution in [3.63, 3.8) is 0 Å². The van der Waals surface area contributed by atoms with Crippen LogP contribution in [-0.2, 0) is 0 Å². The number of hydrogen-bond donors (Lipinski definition) is 1. The lowest BCUT2D eigenvalue weighted by Gasteiger charge is -2.02. The molecule has 0 saturated heterocycles. The second-order valence-electron chi connectivity index (χ2n) is 3.35. The van der Waals surface area contributed by atoms with E-state index >= 15 is 0 Å². The molecule has 0 aliphatic rings. The molecule has 0 aliphatic carbocycles. The molecule has 0 aromatic carbocycles. The van der Waals surface area contributed by atoms with Crippen molar-refractivity contribution in [2.75, 3.05) is 7.05 Å². The third-order valence-corrected chi connectivity index (χ3v) is 3.47. The van der Waals surface area contributed by atoms with Crippen LogP contribution in [0.5, 0.6) is 0 Å². The van der Waals surface area contributed by atoms with E-state index in [-0.39, 0.29) is 6.04 Å². The van der Waals surface area contributed by atoms with Gasteiger partial charge >= 0.3 is 0 Å². The summed E-state index contributed by atoms with van der Waals surface area (Å²) in [7, 11) is 1.91. The molecule has 0 fully saturated rings. The van der Waals surface area contributed by atoms with Crippen LogP contribution < -0.4 is 5.32 Å². The summed E-state index contributed by atoms with van der Waals surface area (Å²) < 4.78 is 5.24. The Bertz CT molecular complexity index is 449. The Morgan fingerprint density at radius 3 is 2.87 bits per heavy atom. The van der Waals surface area contributed by atoms with Crippen LogP contribution in [-0.4, -0.2) is 17.2 Å². The van der Waals surface area contributed by atoms with E-state index in [2.05, 4.69) is 22.4 Å². The molecule has 0 spiro atoms. The summed E-state index contributed by atoms with van der Waals surface area (Å²) in [5.41, 5.74) is 1.03. The zero-order valence-electron chi connectivity index (χ0n) is 8.94. The standard InChI is InChI=1S/C10H13N3OS/c1-6(11-3)9-12-13-10(15-9)8-4-5-14-7(8)2/h4-6,11H,1-3H3. The van der Waals surface area contributed by atoms with E-state index in [0.717, 1.165) is 21.3 Å². The van der Waals surface area contributed by atoms with Crippen molar-refractivity contribution >= 4 is 11.3 Å². The molecule has 2 rings (SSSR count). The lowest BCUT2D eigenvalue weighted by atomic mass is 10.3. The van der Waals surface area contributed by atoms with Crippen LogP contribution in [0.3, 0.4) is 0 Å². The molecule has 0 amide bonds. The van der Waals surface area contributed by atoms with Crippen molar-refractivity contribution in [3.05, 3.63) is 23.1 Å². The number of aromatic nitrogens is 2. The van der Waals surface area contributed by atoms with Crippen molar-refractivity contribution in [2.24, 2.45) is 0 Å². The SMILES string of the molecule is CNC(C)c1nnc(-c2ccoc2C)s1. The maximum atomic E-state index is 5.24. The number of nitrogens with one attached hydrogen (secondary N) is 1. The molecule has 0 radical (unpaired) electrons. The number of nitrogens with zero attached hydrogens (tertiary/aromatic N) is 2. The zero-order valence-corrected chi connectivity index (χ0v) is 9.76. The fourth-order valence-electron chi connectivity index (χ4n) is 1.25. The highest BCUT2D eigenvalue weighted by Gasteiger charge is 2.13. The first-order valence-corrected chi connectivity index (χ1v) is 5.59. The van der Waals surface area contributed by atoms with Crippen molar-refractivity contribution < 1.29 is 4.42 Å². The third kappa shape index (κ3) is 1.93. The number of aryl methyl sites for hydroxylation is 1. The van der Waals surface area contributed by atoms with Crippen LogP contribution in [0.1, 0.15) is 23.7 Å². The summed E-state index contributed by atoms with van der Waals surface area (Å²) in [6.07, 6.45) is 1.67. The van der Waals surface area contributed by atoms with E-state index in [1.165, 1.54) is 0 Å². The first-order valence-electron chi connectivity index (χ1n) is 4.77. The Morgan fingerprint density at radius 1 is 1.47 bits per heavy atom. The predicted octanol–water partition coefficient (Wildman–Crippen LogP) is 2.39. The Labute approximate surface area is 92.3 Å². The molecule has 5 heteroatoms. The first kappa shape index (κ1) is 10.3. The maximum Gasteiger partial charge on any atom is 0.151 e. The van der Waals surface area contributed by atoms with Gasteiger partial charge in [0.2, 0.25) is 0 Å². The van der Waals surface area contributed by atoms with Gasteiger partial charge in [0.1, 0.15) is 10.8 Å². The highest BCUT2D eigenvalue weighted by Crippen LogP contribution is 2.29. The maximum absolute atomic E-state index is 5.24. The van der Waals surface area contributed by atoms with Crippen LogP contribution in [0.2, 0.25) is 0 Å². The molecular formula is C10H13N3OS. The Balaban J connectivity index is 2.32. The molecule has 2 aromatic heterocycles. The molecule has 80 valence electrons. The Morgan fingerprint density at radius 2 is 2.27 bits per heavy atom. The number of hydrogen-bond acceptors (Lipinski definition) is 5. The molecule has 0 bridgehead atoms. The van der Waals surface area contributed by atoms with Crippen LogP contribution in [0.15, 0.2) is 16.7 Å². The molecule has 1 unspecified atom stereocenters. The molecule has 2 heterocycles. The van der Waals surface area contributed by atoms with Gasteiger partial charge in [0, 0.05) is 0 Å². The summed E-state index contributed by atoms with van der Waals surface area (Å²) in [5, 5.41) is 13.4. The summed E-state index contributed by atoms with van der Waals surface area (Å²) in [6, 6.07) is 2.16. The first-order chi connectivity index (χ1) is 7.22. The number of furan rings is 1. The van der Waals surface area contributed by atoms with E-state index in [9.17, 15) is 0 Å². The van der Waals surface area contributed by atoms with Gasteiger partial charge in [-0.3, -0.25) is 0 Å². The summed E-state index contributed by atoms with van der Waals surface area (Å²) in [6.45, 7) is 3.99. The van der Waals surface area contributed by atoms with Gasteiger partial charge in [-0.1, -0.05) is 11.3 Å². The van der Waals surface area contributed by atoms with Crippen LogP contribution >= 0.6 is 11.3 Å². The molecule has 1 atom stereocenters. The van der Waals surface area contributed by atoms with E-state index in [1.807, 2.05) is 20.0 Å². The average molecular weight is 223 g/mol. The van der Waals surface area contributed by atoms with Crippen LogP contribution in [0.4, 0.5) is 0 Å². The lowest BCUT2D eigenvalue weighted by Crippen LogP contribution is -2.11. The van der Waals surface area contributed by atoms with Crippen LogP contribution in [0.25, 0.3) is 10.6 Å². The normalized spacial score (nSPS) is 13.0. The van der Waals surface area contributed by atoms with E-state index in [0.29, 0.717) is 0 Å².